The van der Waals surface area contributed by atoms with E-state index in [1.807, 2.05) is 13.8 Å². The minimum absolute atomic E-state index is 0.114. The van der Waals surface area contributed by atoms with Crippen LogP contribution in [0.4, 0.5) is 11.4 Å². The molecule has 0 saturated heterocycles. The molecular weight excluding hydrogens is 676 g/mol. The lowest BCUT2D eigenvalue weighted by molar-refractivity contribution is 0.593. The average Bonchev–Trinajstić information content (AvgIpc) is 2.93. The van der Waals surface area contributed by atoms with Crippen LogP contribution in [0.1, 0.15) is 11.1 Å². The summed E-state index contributed by atoms with van der Waals surface area (Å²) < 4.78 is 57.8. The van der Waals surface area contributed by atoms with Crippen LogP contribution in [0.2, 0.25) is 0 Å². The Labute approximate surface area is 252 Å². The molecule has 0 aliphatic heterocycles. The second kappa shape index (κ2) is 12.6. The van der Waals surface area contributed by atoms with E-state index in [0.29, 0.717) is 11.4 Å². The zero-order chi connectivity index (χ0) is 28.9. The van der Waals surface area contributed by atoms with E-state index < -0.39 is 20.0 Å². The van der Waals surface area contributed by atoms with Crippen LogP contribution >= 0.6 is 31.9 Å². The van der Waals surface area contributed by atoms with Gasteiger partial charge in [-0.2, -0.15) is 0 Å². The van der Waals surface area contributed by atoms with Gasteiger partial charge in [-0.15, -0.1) is 0 Å². The predicted octanol–water partition coefficient (Wildman–Crippen LogP) is 7.87. The molecular formula is C30H26Br2N2O4S2. The molecule has 0 heterocycles. The molecule has 0 aromatic heterocycles. The number of sulfonamides is 2. The Morgan fingerprint density at radius 2 is 0.825 bits per heavy atom. The normalized spacial score (nSPS) is 12.7. The van der Waals surface area contributed by atoms with Crippen LogP contribution in [0.25, 0.3) is 0 Å². The van der Waals surface area contributed by atoms with Crippen molar-refractivity contribution < 1.29 is 16.8 Å². The first-order chi connectivity index (χ1) is 19.0. The van der Waals surface area contributed by atoms with E-state index in [-0.39, 0.29) is 19.0 Å². The summed E-state index contributed by atoms with van der Waals surface area (Å²) in [4.78, 5) is 0.228. The maximum absolute atomic E-state index is 13.8. The van der Waals surface area contributed by atoms with Gasteiger partial charge in [-0.05, 0) is 106 Å². The lowest BCUT2D eigenvalue weighted by Gasteiger charge is -2.25. The highest BCUT2D eigenvalue weighted by atomic mass is 79.9. The van der Waals surface area contributed by atoms with Gasteiger partial charge in [-0.1, -0.05) is 71.8 Å². The molecule has 206 valence electrons. The zero-order valence-corrected chi connectivity index (χ0v) is 26.5. The van der Waals surface area contributed by atoms with Gasteiger partial charge in [0.25, 0.3) is 20.0 Å². The van der Waals surface area contributed by atoms with Crippen molar-refractivity contribution in [2.45, 2.75) is 23.6 Å². The Hall–Kier alpha value is -3.18. The lowest BCUT2D eigenvalue weighted by Crippen LogP contribution is -2.29. The van der Waals surface area contributed by atoms with Crippen molar-refractivity contribution in [2.75, 3.05) is 8.61 Å². The van der Waals surface area contributed by atoms with Crippen LogP contribution in [0.15, 0.2) is 140 Å². The molecule has 0 unspecified atom stereocenters. The van der Waals surface area contributed by atoms with Crippen LogP contribution in [-0.2, 0) is 20.0 Å². The summed E-state index contributed by atoms with van der Waals surface area (Å²) in [6, 6.07) is 30.4. The van der Waals surface area contributed by atoms with Crippen molar-refractivity contribution in [3.63, 3.8) is 0 Å². The summed E-state index contributed by atoms with van der Waals surface area (Å²) in [5.74, 6) is 0. The van der Waals surface area contributed by atoms with Gasteiger partial charge < -0.3 is 0 Å². The largest absolute Gasteiger partial charge is 0.269 e. The molecule has 0 bridgehead atoms. The van der Waals surface area contributed by atoms with Crippen molar-refractivity contribution in [3.05, 3.63) is 142 Å². The number of allylic oxidation sites excluding steroid dienone is 2. The third-order valence-corrected chi connectivity index (χ3v) is 11.1. The standard InChI is InChI=1S/C30H26Br2N2O4S2/c1-23-13-17-27(18-14-23)39(35,36)33(25-9-5-3-6-10-25)29(31)21-22-30(32)34(26-11-7-4-8-12-26)40(37,38)28-19-15-24(2)16-20-28/h3-22H,1-2H3/b29-21-,30-22-. The van der Waals surface area contributed by atoms with Crippen LogP contribution < -0.4 is 8.61 Å². The Balaban J connectivity index is 1.81. The maximum Gasteiger partial charge on any atom is 0.269 e. The van der Waals surface area contributed by atoms with E-state index in [2.05, 4.69) is 31.9 Å². The number of hydrogen-bond acceptors (Lipinski definition) is 4. The minimum atomic E-state index is -4.02. The predicted molar refractivity (Wildman–Crippen MR) is 169 cm³/mol. The number of halogens is 2. The fourth-order valence-corrected chi connectivity index (χ4v) is 8.36. The smallest absolute Gasteiger partial charge is 0.228 e. The highest BCUT2D eigenvalue weighted by Crippen LogP contribution is 2.33. The highest BCUT2D eigenvalue weighted by molar-refractivity contribution is 9.12. The Kier molecular flexibility index (Phi) is 9.35. The molecule has 4 rings (SSSR count). The molecule has 0 saturated carbocycles. The summed E-state index contributed by atoms with van der Waals surface area (Å²) in [5.41, 5.74) is 2.68. The summed E-state index contributed by atoms with van der Waals surface area (Å²) >= 11 is 6.88. The van der Waals surface area contributed by atoms with E-state index in [1.165, 1.54) is 12.2 Å². The summed E-state index contributed by atoms with van der Waals surface area (Å²) in [5, 5.41) is 0. The number of anilines is 2. The molecule has 40 heavy (non-hydrogen) atoms. The first-order valence-corrected chi connectivity index (χ1v) is 16.6. The number of nitrogens with zero attached hydrogens (tertiary/aromatic N) is 2. The van der Waals surface area contributed by atoms with Gasteiger partial charge in [0.1, 0.15) is 9.21 Å². The van der Waals surface area contributed by atoms with Crippen LogP contribution in [-0.4, -0.2) is 16.8 Å². The van der Waals surface area contributed by atoms with Crippen LogP contribution in [0.5, 0.6) is 0 Å². The fraction of sp³-hybridized carbons (Fsp3) is 0.0667. The van der Waals surface area contributed by atoms with Crippen LogP contribution in [0, 0.1) is 13.8 Å². The molecule has 4 aromatic rings. The third kappa shape index (κ3) is 6.58. The summed E-state index contributed by atoms with van der Waals surface area (Å²) in [6.07, 6.45) is 2.98. The second-order valence-corrected chi connectivity index (χ2v) is 14.0. The quantitative estimate of drug-likeness (QED) is 0.132. The molecule has 6 nitrogen and oxygen atoms in total. The molecule has 0 fully saturated rings. The molecule has 0 aliphatic carbocycles. The van der Waals surface area contributed by atoms with Gasteiger partial charge in [0, 0.05) is 0 Å². The van der Waals surface area contributed by atoms with Gasteiger partial charge >= 0.3 is 0 Å². The fourth-order valence-electron chi connectivity index (χ4n) is 3.78. The molecule has 0 spiro atoms. The topological polar surface area (TPSA) is 74.8 Å². The summed E-state index contributed by atoms with van der Waals surface area (Å²) in [7, 11) is -8.05. The summed E-state index contributed by atoms with van der Waals surface area (Å²) in [6.45, 7) is 3.76. The van der Waals surface area contributed by atoms with Crippen LogP contribution in [0.3, 0.4) is 0 Å². The monoisotopic (exact) mass is 700 g/mol. The van der Waals surface area contributed by atoms with E-state index in [4.69, 9.17) is 0 Å². The number of aryl methyl sites for hydroxylation is 2. The molecule has 0 amide bonds. The molecule has 0 aliphatic rings. The van der Waals surface area contributed by atoms with E-state index in [1.54, 1.807) is 109 Å². The Morgan fingerprint density at radius 3 is 1.12 bits per heavy atom. The maximum atomic E-state index is 13.8. The first kappa shape index (κ1) is 29.8. The number of hydrogen-bond donors (Lipinski definition) is 0. The Bertz CT molecular complexity index is 1610. The SMILES string of the molecule is Cc1ccc(S(=O)(=O)N(/C(Br)=C\C=C(\Br)N(c2ccccc2)S(=O)(=O)c2ccc(C)cc2)c2ccccc2)cc1. The van der Waals surface area contributed by atoms with E-state index in [0.717, 1.165) is 19.7 Å². The van der Waals surface area contributed by atoms with E-state index >= 15 is 0 Å². The van der Waals surface area contributed by atoms with Gasteiger partial charge in [0.05, 0.1) is 21.2 Å². The van der Waals surface area contributed by atoms with Crippen molar-refractivity contribution in [3.8, 4) is 0 Å². The molecule has 0 atom stereocenters. The van der Waals surface area contributed by atoms with Crippen molar-refractivity contribution in [2.24, 2.45) is 0 Å². The molecule has 4 aromatic carbocycles. The third-order valence-electron chi connectivity index (χ3n) is 5.85. The van der Waals surface area contributed by atoms with E-state index in [9.17, 15) is 16.8 Å². The number of para-hydroxylation sites is 2. The average molecular weight is 702 g/mol. The van der Waals surface area contributed by atoms with Gasteiger partial charge in [-0.25, -0.2) is 25.4 Å². The first-order valence-electron chi connectivity index (χ1n) is 12.1. The molecule has 0 radical (unpaired) electrons. The highest BCUT2D eigenvalue weighted by Gasteiger charge is 2.29. The zero-order valence-electron chi connectivity index (χ0n) is 21.6. The Morgan fingerprint density at radius 1 is 0.525 bits per heavy atom. The van der Waals surface area contributed by atoms with Gasteiger partial charge in [0.15, 0.2) is 0 Å². The minimum Gasteiger partial charge on any atom is -0.228 e. The van der Waals surface area contributed by atoms with Crippen molar-refractivity contribution in [1.29, 1.82) is 0 Å². The molecule has 10 heteroatoms. The van der Waals surface area contributed by atoms with Crippen molar-refractivity contribution >= 4 is 63.3 Å². The lowest BCUT2D eigenvalue weighted by atomic mass is 10.2. The van der Waals surface area contributed by atoms with Gasteiger partial charge in [0.2, 0.25) is 0 Å². The van der Waals surface area contributed by atoms with Gasteiger partial charge in [-0.3, -0.25) is 0 Å². The van der Waals surface area contributed by atoms with Crippen molar-refractivity contribution in [1.82, 2.24) is 0 Å². The second-order valence-electron chi connectivity index (χ2n) is 8.81. The molecule has 0 N–H and O–H groups in total. The number of rotatable bonds is 9. The number of benzene rings is 4.